The van der Waals surface area contributed by atoms with Crippen molar-refractivity contribution in [2.45, 2.75) is 122 Å². The summed E-state index contributed by atoms with van der Waals surface area (Å²) in [6.07, 6.45) is 17.4. The summed E-state index contributed by atoms with van der Waals surface area (Å²) in [6.45, 7) is 3.46. The molecule has 0 aliphatic rings. The molecule has 0 heterocycles. The number of benzene rings is 2. The summed E-state index contributed by atoms with van der Waals surface area (Å²) in [4.78, 5) is 0. The fourth-order valence-corrected chi connectivity index (χ4v) is 4.76. The van der Waals surface area contributed by atoms with Gasteiger partial charge in [-0.15, -0.1) is 0 Å². The number of phenols is 4. The van der Waals surface area contributed by atoms with Crippen LogP contribution in [0.4, 0.5) is 0 Å². The molecule has 0 amide bonds. The van der Waals surface area contributed by atoms with E-state index in [1.54, 1.807) is 38.1 Å². The van der Waals surface area contributed by atoms with Crippen molar-refractivity contribution in [2.75, 3.05) is 0 Å². The SMILES string of the molecule is CC(C)(O)CCc1c(O)cc(CCCCCCCCCCCCCCc2cc(O)cc(O)c2)cc1O. The maximum Gasteiger partial charge on any atom is 0.122 e. The fourth-order valence-electron chi connectivity index (χ4n) is 4.76. The number of aliphatic hydroxyl groups is 1. The molecule has 0 bridgehead atoms. The highest BCUT2D eigenvalue weighted by atomic mass is 16.3. The van der Waals surface area contributed by atoms with Gasteiger partial charge in [0.2, 0.25) is 0 Å². The molecule has 202 valence electrons. The van der Waals surface area contributed by atoms with E-state index in [0.717, 1.165) is 36.8 Å². The minimum atomic E-state index is -0.819. The van der Waals surface area contributed by atoms with Gasteiger partial charge in [-0.25, -0.2) is 0 Å². The smallest absolute Gasteiger partial charge is 0.122 e. The van der Waals surface area contributed by atoms with E-state index in [-0.39, 0.29) is 23.0 Å². The summed E-state index contributed by atoms with van der Waals surface area (Å²) in [5.74, 6) is 0.530. The van der Waals surface area contributed by atoms with Crippen LogP contribution in [0, 0.1) is 0 Å². The summed E-state index contributed by atoms with van der Waals surface area (Å²) in [5, 5.41) is 49.5. The Bertz CT molecular complexity index is 857. The molecule has 2 aromatic carbocycles. The lowest BCUT2D eigenvalue weighted by Gasteiger charge is -2.18. The largest absolute Gasteiger partial charge is 0.508 e. The lowest BCUT2D eigenvalue weighted by atomic mass is 9.95. The maximum atomic E-state index is 10.3. The van der Waals surface area contributed by atoms with Crippen molar-refractivity contribution in [1.82, 2.24) is 0 Å². The van der Waals surface area contributed by atoms with Crippen LogP contribution in [0.3, 0.4) is 0 Å². The van der Waals surface area contributed by atoms with E-state index in [0.29, 0.717) is 18.4 Å². The molecule has 5 heteroatoms. The summed E-state index contributed by atoms with van der Waals surface area (Å²) < 4.78 is 0. The molecule has 2 aromatic rings. The number of unbranched alkanes of at least 4 members (excludes halogenated alkanes) is 11. The van der Waals surface area contributed by atoms with E-state index < -0.39 is 5.60 Å². The number of phenolic OH excluding ortho intramolecular Hbond substituents is 4. The first-order valence-electron chi connectivity index (χ1n) is 13.9. The summed E-state index contributed by atoms with van der Waals surface area (Å²) in [6, 6.07) is 8.35. The zero-order valence-corrected chi connectivity index (χ0v) is 22.4. The van der Waals surface area contributed by atoms with Gasteiger partial charge in [-0.2, -0.15) is 0 Å². The van der Waals surface area contributed by atoms with Crippen molar-refractivity contribution in [2.24, 2.45) is 0 Å². The first kappa shape index (κ1) is 29.8. The van der Waals surface area contributed by atoms with E-state index in [1.807, 2.05) is 0 Å². The molecule has 2 rings (SSSR count). The van der Waals surface area contributed by atoms with Gasteiger partial charge in [-0.1, -0.05) is 64.2 Å². The van der Waals surface area contributed by atoms with Crippen molar-refractivity contribution >= 4 is 0 Å². The lowest BCUT2D eigenvalue weighted by Crippen LogP contribution is -2.19. The van der Waals surface area contributed by atoms with Gasteiger partial charge < -0.3 is 25.5 Å². The van der Waals surface area contributed by atoms with E-state index in [2.05, 4.69) is 0 Å². The van der Waals surface area contributed by atoms with Crippen LogP contribution in [0.2, 0.25) is 0 Å². The lowest BCUT2D eigenvalue weighted by molar-refractivity contribution is 0.0711. The molecule has 0 spiro atoms. The van der Waals surface area contributed by atoms with Gasteiger partial charge in [-0.05, 0) is 87.8 Å². The molecule has 0 aliphatic heterocycles. The third kappa shape index (κ3) is 12.5. The Labute approximate surface area is 217 Å². The van der Waals surface area contributed by atoms with Crippen molar-refractivity contribution in [1.29, 1.82) is 0 Å². The molecule has 0 aromatic heterocycles. The van der Waals surface area contributed by atoms with Crippen molar-refractivity contribution < 1.29 is 25.5 Å². The molecule has 0 aliphatic carbocycles. The Balaban J connectivity index is 1.44. The molecule has 0 unspecified atom stereocenters. The standard InChI is InChI=1S/C31H48O5/c1-31(2,36)18-17-28-29(34)21-25(22-30(28)35)16-14-12-10-8-6-4-3-5-7-9-11-13-15-24-19-26(32)23-27(33)20-24/h19-23,32-36H,3-18H2,1-2H3. The fraction of sp³-hybridized carbons (Fsp3) is 0.613. The monoisotopic (exact) mass is 500 g/mol. The molecule has 5 N–H and O–H groups in total. The number of hydrogen-bond acceptors (Lipinski definition) is 5. The Morgan fingerprint density at radius 2 is 0.861 bits per heavy atom. The van der Waals surface area contributed by atoms with Gasteiger partial charge in [0.25, 0.3) is 0 Å². The topological polar surface area (TPSA) is 101 Å². The van der Waals surface area contributed by atoms with Crippen LogP contribution in [0.1, 0.15) is 114 Å². The molecule has 0 saturated heterocycles. The molecule has 0 fully saturated rings. The van der Waals surface area contributed by atoms with Gasteiger partial charge in [0.05, 0.1) is 5.60 Å². The van der Waals surface area contributed by atoms with Crippen LogP contribution in [0.5, 0.6) is 23.0 Å². The molecule has 0 radical (unpaired) electrons. The highest BCUT2D eigenvalue weighted by Crippen LogP contribution is 2.32. The minimum Gasteiger partial charge on any atom is -0.508 e. The second-order valence-electron chi connectivity index (χ2n) is 11.0. The van der Waals surface area contributed by atoms with Gasteiger partial charge in [0, 0.05) is 11.6 Å². The normalized spacial score (nSPS) is 11.8. The first-order chi connectivity index (χ1) is 17.1. The highest BCUT2D eigenvalue weighted by Gasteiger charge is 2.16. The number of aryl methyl sites for hydroxylation is 2. The molecule has 0 atom stereocenters. The average molecular weight is 501 g/mol. The van der Waals surface area contributed by atoms with E-state index >= 15 is 0 Å². The Hall–Kier alpha value is -2.40. The summed E-state index contributed by atoms with van der Waals surface area (Å²) in [5.41, 5.74) is 1.67. The average Bonchev–Trinajstić information content (AvgIpc) is 2.77. The van der Waals surface area contributed by atoms with E-state index in [9.17, 15) is 25.5 Å². The van der Waals surface area contributed by atoms with Crippen molar-refractivity contribution in [3.63, 3.8) is 0 Å². The third-order valence-electron chi connectivity index (χ3n) is 6.89. The zero-order valence-electron chi connectivity index (χ0n) is 22.4. The Morgan fingerprint density at radius 1 is 0.500 bits per heavy atom. The van der Waals surface area contributed by atoms with Gasteiger partial charge in [0.1, 0.15) is 23.0 Å². The highest BCUT2D eigenvalue weighted by molar-refractivity contribution is 5.46. The molecule has 0 saturated carbocycles. The molecular weight excluding hydrogens is 452 g/mol. The van der Waals surface area contributed by atoms with Crippen molar-refractivity contribution in [3.05, 3.63) is 47.0 Å². The summed E-state index contributed by atoms with van der Waals surface area (Å²) in [7, 11) is 0. The second kappa shape index (κ2) is 15.7. The van der Waals surface area contributed by atoms with Crippen LogP contribution in [-0.4, -0.2) is 31.1 Å². The van der Waals surface area contributed by atoms with Crippen molar-refractivity contribution in [3.8, 4) is 23.0 Å². The quantitative estimate of drug-likeness (QED) is 0.135. The number of rotatable bonds is 18. The predicted molar refractivity (Wildman–Crippen MR) is 147 cm³/mol. The van der Waals surface area contributed by atoms with Crippen LogP contribution in [0.15, 0.2) is 30.3 Å². The third-order valence-corrected chi connectivity index (χ3v) is 6.89. The van der Waals surface area contributed by atoms with Crippen LogP contribution < -0.4 is 0 Å². The van der Waals surface area contributed by atoms with Gasteiger partial charge in [-0.3, -0.25) is 0 Å². The van der Waals surface area contributed by atoms with E-state index in [4.69, 9.17) is 0 Å². The number of hydrogen-bond donors (Lipinski definition) is 5. The maximum absolute atomic E-state index is 10.3. The van der Waals surface area contributed by atoms with Gasteiger partial charge >= 0.3 is 0 Å². The van der Waals surface area contributed by atoms with Crippen LogP contribution in [0.25, 0.3) is 0 Å². The van der Waals surface area contributed by atoms with Gasteiger partial charge in [0.15, 0.2) is 0 Å². The van der Waals surface area contributed by atoms with Crippen LogP contribution >= 0.6 is 0 Å². The van der Waals surface area contributed by atoms with Crippen LogP contribution in [-0.2, 0) is 19.3 Å². The Morgan fingerprint density at radius 3 is 1.25 bits per heavy atom. The minimum absolute atomic E-state index is 0.131. The molecule has 36 heavy (non-hydrogen) atoms. The first-order valence-corrected chi connectivity index (χ1v) is 13.9. The molecule has 5 nitrogen and oxygen atoms in total. The number of aromatic hydroxyl groups is 4. The summed E-state index contributed by atoms with van der Waals surface area (Å²) >= 11 is 0. The molecular formula is C31H48O5. The predicted octanol–water partition coefficient (Wildman–Crippen LogP) is 7.68. The second-order valence-corrected chi connectivity index (χ2v) is 11.0. The zero-order chi connectivity index (χ0) is 26.4. The Kier molecular flexibility index (Phi) is 13.0. The van der Waals surface area contributed by atoms with E-state index in [1.165, 1.54) is 70.3 Å².